The van der Waals surface area contributed by atoms with Gasteiger partial charge in [0.1, 0.15) is 0 Å². The first-order chi connectivity index (χ1) is 6.01. The average molecular weight is 232 g/mol. The molecule has 3 atom stereocenters. The number of rotatable bonds is 3. The number of hydrogen-bond donors (Lipinski definition) is 1. The molecule has 0 aromatic heterocycles. The molecular weight excluding hydrogens is 228 g/mol. The number of alkyl halides is 8. The second-order valence-corrected chi connectivity index (χ2v) is 2.35. The summed E-state index contributed by atoms with van der Waals surface area (Å²) in [6.45, 7) is 0. The Morgan fingerprint density at radius 3 is 1.43 bits per heavy atom. The highest BCUT2D eigenvalue weighted by Gasteiger charge is 2.64. The summed E-state index contributed by atoms with van der Waals surface area (Å²) in [5.74, 6) is -5.62. The van der Waals surface area contributed by atoms with Crippen molar-refractivity contribution in [2.24, 2.45) is 0 Å². The summed E-state index contributed by atoms with van der Waals surface area (Å²) in [6.07, 6.45) is -18.8. The van der Waals surface area contributed by atoms with Crippen molar-refractivity contribution in [3.05, 3.63) is 0 Å². The zero-order valence-corrected chi connectivity index (χ0v) is 6.20. The van der Waals surface area contributed by atoms with Crippen LogP contribution in [0.5, 0.6) is 0 Å². The molecular formula is C5H4F8O. The predicted octanol–water partition coefficient (Wildman–Crippen LogP) is 2.15. The van der Waals surface area contributed by atoms with E-state index in [2.05, 4.69) is 0 Å². The Bertz CT molecular complexity index is 187. The van der Waals surface area contributed by atoms with Gasteiger partial charge in [-0.2, -0.15) is 17.6 Å². The molecule has 1 N–H and O–H groups in total. The van der Waals surface area contributed by atoms with E-state index in [4.69, 9.17) is 5.11 Å². The van der Waals surface area contributed by atoms with Crippen LogP contribution in [-0.4, -0.2) is 35.9 Å². The number of halogens is 8. The van der Waals surface area contributed by atoms with Crippen LogP contribution in [0, 0.1) is 0 Å². The fraction of sp³-hybridized carbons (Fsp3) is 1.00. The van der Waals surface area contributed by atoms with Crippen molar-refractivity contribution < 1.29 is 40.2 Å². The Kier molecular flexibility index (Phi) is 3.71. The van der Waals surface area contributed by atoms with E-state index in [1.54, 1.807) is 0 Å². The van der Waals surface area contributed by atoms with Gasteiger partial charge in [0.05, 0.1) is 0 Å². The molecule has 3 unspecified atom stereocenters. The van der Waals surface area contributed by atoms with Gasteiger partial charge in [-0.1, -0.05) is 0 Å². The SMILES string of the molecule is OC(F)(C(F)C(F)C(F)F)C(F)(F)F. The van der Waals surface area contributed by atoms with Crippen LogP contribution >= 0.6 is 0 Å². The molecule has 9 heteroatoms. The lowest BCUT2D eigenvalue weighted by Gasteiger charge is -2.26. The molecule has 0 aromatic carbocycles. The van der Waals surface area contributed by atoms with Crippen molar-refractivity contribution in [2.45, 2.75) is 30.8 Å². The van der Waals surface area contributed by atoms with E-state index >= 15 is 0 Å². The highest BCUT2D eigenvalue weighted by Crippen LogP contribution is 2.38. The van der Waals surface area contributed by atoms with Crippen LogP contribution in [0.3, 0.4) is 0 Å². The standard InChI is InChI=1S/C5H4F8O/c6-1(3(8)9)2(7)4(10,14)5(11,12)13/h1-3,14H. The van der Waals surface area contributed by atoms with Crippen molar-refractivity contribution >= 4 is 0 Å². The smallest absolute Gasteiger partial charge is 0.352 e. The van der Waals surface area contributed by atoms with Gasteiger partial charge in [-0.25, -0.2) is 17.6 Å². The molecule has 0 rings (SSSR count). The van der Waals surface area contributed by atoms with E-state index in [9.17, 15) is 35.1 Å². The fourth-order valence-electron chi connectivity index (χ4n) is 0.495. The van der Waals surface area contributed by atoms with E-state index in [1.165, 1.54) is 0 Å². The van der Waals surface area contributed by atoms with Crippen LogP contribution in [0.15, 0.2) is 0 Å². The van der Waals surface area contributed by atoms with Crippen LogP contribution in [0.1, 0.15) is 0 Å². The minimum absolute atomic E-state index is 4.05. The van der Waals surface area contributed by atoms with Crippen molar-refractivity contribution in [1.82, 2.24) is 0 Å². The third kappa shape index (κ3) is 2.46. The quantitative estimate of drug-likeness (QED) is 0.739. The van der Waals surface area contributed by atoms with Crippen molar-refractivity contribution in [2.75, 3.05) is 0 Å². The Morgan fingerprint density at radius 1 is 0.857 bits per heavy atom. The molecule has 0 spiro atoms. The van der Waals surface area contributed by atoms with E-state index in [1.807, 2.05) is 0 Å². The largest absolute Gasteiger partial charge is 0.451 e. The summed E-state index contributed by atoms with van der Waals surface area (Å²) in [7, 11) is 0. The van der Waals surface area contributed by atoms with Crippen LogP contribution in [0.2, 0.25) is 0 Å². The van der Waals surface area contributed by atoms with Gasteiger partial charge in [0.2, 0.25) is 6.17 Å². The lowest BCUT2D eigenvalue weighted by molar-refractivity contribution is -0.344. The molecule has 0 amide bonds. The summed E-state index contributed by atoms with van der Waals surface area (Å²) in [4.78, 5) is 0. The molecule has 0 radical (unpaired) electrons. The maximum Gasteiger partial charge on any atom is 0.451 e. The molecule has 0 saturated carbocycles. The summed E-state index contributed by atoms with van der Waals surface area (Å²) in [5.41, 5.74) is 0. The van der Waals surface area contributed by atoms with Gasteiger partial charge in [-0.3, -0.25) is 0 Å². The maximum atomic E-state index is 12.1. The highest BCUT2D eigenvalue weighted by molar-refractivity contribution is 4.89. The molecule has 14 heavy (non-hydrogen) atoms. The number of aliphatic hydroxyl groups is 1. The fourth-order valence-corrected chi connectivity index (χ4v) is 0.495. The van der Waals surface area contributed by atoms with Crippen LogP contribution < -0.4 is 0 Å². The van der Waals surface area contributed by atoms with Gasteiger partial charge in [0.25, 0.3) is 6.43 Å². The molecule has 0 aromatic rings. The third-order valence-electron chi connectivity index (χ3n) is 1.28. The van der Waals surface area contributed by atoms with E-state index in [0.717, 1.165) is 0 Å². The summed E-state index contributed by atoms with van der Waals surface area (Å²) >= 11 is 0. The Labute approximate surface area is 72.3 Å². The molecule has 0 bridgehead atoms. The average Bonchev–Trinajstić information content (AvgIpc) is 1.99. The van der Waals surface area contributed by atoms with Gasteiger partial charge < -0.3 is 5.11 Å². The van der Waals surface area contributed by atoms with Crippen molar-refractivity contribution in [3.63, 3.8) is 0 Å². The normalized spacial score (nSPS) is 21.9. The van der Waals surface area contributed by atoms with Crippen molar-refractivity contribution in [3.8, 4) is 0 Å². The molecule has 0 aliphatic rings. The first kappa shape index (κ1) is 13.4. The minimum Gasteiger partial charge on any atom is -0.352 e. The van der Waals surface area contributed by atoms with Crippen LogP contribution in [0.4, 0.5) is 35.1 Å². The van der Waals surface area contributed by atoms with Crippen LogP contribution in [-0.2, 0) is 0 Å². The van der Waals surface area contributed by atoms with Gasteiger partial charge in [-0.15, -0.1) is 0 Å². The van der Waals surface area contributed by atoms with Gasteiger partial charge in [-0.05, 0) is 0 Å². The van der Waals surface area contributed by atoms with Crippen molar-refractivity contribution in [1.29, 1.82) is 0 Å². The Morgan fingerprint density at radius 2 is 1.21 bits per heavy atom. The molecule has 86 valence electrons. The highest BCUT2D eigenvalue weighted by atomic mass is 19.4. The lowest BCUT2D eigenvalue weighted by atomic mass is 10.1. The molecule has 0 aliphatic heterocycles. The molecule has 0 aliphatic carbocycles. The Balaban J connectivity index is 4.75. The molecule has 0 saturated heterocycles. The summed E-state index contributed by atoms with van der Waals surface area (Å²) < 4.78 is 93.1. The predicted molar refractivity (Wildman–Crippen MR) is 27.9 cm³/mol. The van der Waals surface area contributed by atoms with Gasteiger partial charge >= 0.3 is 12.0 Å². The third-order valence-corrected chi connectivity index (χ3v) is 1.28. The topological polar surface area (TPSA) is 20.2 Å². The zero-order valence-electron chi connectivity index (χ0n) is 6.20. The first-order valence-electron chi connectivity index (χ1n) is 3.06. The molecule has 0 heterocycles. The Hall–Kier alpha value is -0.600. The first-order valence-corrected chi connectivity index (χ1v) is 3.06. The second kappa shape index (κ2) is 3.87. The number of hydrogen-bond acceptors (Lipinski definition) is 1. The molecule has 1 nitrogen and oxygen atoms in total. The monoisotopic (exact) mass is 232 g/mol. The second-order valence-electron chi connectivity index (χ2n) is 2.35. The zero-order chi connectivity index (χ0) is 11.7. The summed E-state index contributed by atoms with van der Waals surface area (Å²) in [6, 6.07) is 0. The van der Waals surface area contributed by atoms with Crippen LogP contribution in [0.25, 0.3) is 0 Å². The van der Waals surface area contributed by atoms with E-state index in [0.29, 0.717) is 0 Å². The summed E-state index contributed by atoms with van der Waals surface area (Å²) in [5, 5.41) is 7.80. The van der Waals surface area contributed by atoms with E-state index < -0.39 is 30.8 Å². The lowest BCUT2D eigenvalue weighted by Crippen LogP contribution is -2.53. The minimum atomic E-state index is -6.17. The van der Waals surface area contributed by atoms with Gasteiger partial charge in [0, 0.05) is 0 Å². The molecule has 0 fully saturated rings. The van der Waals surface area contributed by atoms with E-state index in [-0.39, 0.29) is 0 Å². The maximum absolute atomic E-state index is 12.1. The van der Waals surface area contributed by atoms with Gasteiger partial charge in [0.15, 0.2) is 6.17 Å².